The smallest absolute Gasteiger partial charge is 0.226 e. The standard InChI is InChI=1S/C11H19N3O/c1-4-6-9(5-2)13-11-12-8-7-10(14-11)15-3/h7-9H,4-6H2,1-3H3,(H,12,13,14). The fourth-order valence-corrected chi connectivity index (χ4v) is 1.43. The van der Waals surface area contributed by atoms with E-state index in [0.29, 0.717) is 17.9 Å². The van der Waals surface area contributed by atoms with Crippen molar-refractivity contribution in [3.8, 4) is 5.88 Å². The molecule has 1 aromatic rings. The molecule has 0 saturated heterocycles. The summed E-state index contributed by atoms with van der Waals surface area (Å²) in [6.07, 6.45) is 5.08. The number of methoxy groups -OCH3 is 1. The molecule has 0 saturated carbocycles. The van der Waals surface area contributed by atoms with Gasteiger partial charge in [-0.25, -0.2) is 4.98 Å². The molecule has 84 valence electrons. The summed E-state index contributed by atoms with van der Waals surface area (Å²) in [4.78, 5) is 8.37. The number of anilines is 1. The van der Waals surface area contributed by atoms with Gasteiger partial charge in [0.2, 0.25) is 11.8 Å². The second-order valence-electron chi connectivity index (χ2n) is 3.46. The Labute approximate surface area is 91.1 Å². The molecule has 1 unspecified atom stereocenters. The molecule has 4 nitrogen and oxygen atoms in total. The first-order chi connectivity index (χ1) is 7.30. The molecular formula is C11H19N3O. The second-order valence-corrected chi connectivity index (χ2v) is 3.46. The topological polar surface area (TPSA) is 47.0 Å². The molecule has 1 rings (SSSR count). The van der Waals surface area contributed by atoms with Crippen LogP contribution >= 0.6 is 0 Å². The van der Waals surface area contributed by atoms with E-state index in [1.165, 1.54) is 0 Å². The summed E-state index contributed by atoms with van der Waals surface area (Å²) in [5.41, 5.74) is 0. The second kappa shape index (κ2) is 6.22. The Morgan fingerprint density at radius 2 is 2.27 bits per heavy atom. The van der Waals surface area contributed by atoms with Crippen LogP contribution in [-0.2, 0) is 0 Å². The van der Waals surface area contributed by atoms with Crippen molar-refractivity contribution in [2.24, 2.45) is 0 Å². The van der Waals surface area contributed by atoms with E-state index in [0.717, 1.165) is 19.3 Å². The summed E-state index contributed by atoms with van der Waals surface area (Å²) in [6.45, 7) is 4.34. The number of nitrogens with zero attached hydrogens (tertiary/aromatic N) is 2. The quantitative estimate of drug-likeness (QED) is 0.781. The fourth-order valence-electron chi connectivity index (χ4n) is 1.43. The molecule has 0 aliphatic carbocycles. The van der Waals surface area contributed by atoms with Gasteiger partial charge in [-0.3, -0.25) is 0 Å². The van der Waals surface area contributed by atoms with Crippen LogP contribution in [0.25, 0.3) is 0 Å². The number of hydrogen-bond donors (Lipinski definition) is 1. The predicted molar refractivity (Wildman–Crippen MR) is 61.2 cm³/mol. The molecule has 0 bridgehead atoms. The minimum Gasteiger partial charge on any atom is -0.481 e. The van der Waals surface area contributed by atoms with Gasteiger partial charge in [-0.15, -0.1) is 0 Å². The zero-order chi connectivity index (χ0) is 11.1. The SMILES string of the molecule is CCCC(CC)Nc1nccc(OC)n1. The third-order valence-electron chi connectivity index (χ3n) is 2.30. The first-order valence-corrected chi connectivity index (χ1v) is 5.43. The lowest BCUT2D eigenvalue weighted by Crippen LogP contribution is -2.19. The fraction of sp³-hybridized carbons (Fsp3) is 0.636. The van der Waals surface area contributed by atoms with Gasteiger partial charge in [0, 0.05) is 18.3 Å². The Morgan fingerprint density at radius 1 is 1.47 bits per heavy atom. The largest absolute Gasteiger partial charge is 0.481 e. The van der Waals surface area contributed by atoms with Crippen LogP contribution in [0.4, 0.5) is 5.95 Å². The average molecular weight is 209 g/mol. The van der Waals surface area contributed by atoms with Crippen LogP contribution < -0.4 is 10.1 Å². The summed E-state index contributed by atoms with van der Waals surface area (Å²) >= 11 is 0. The summed E-state index contributed by atoms with van der Waals surface area (Å²) < 4.78 is 5.04. The minimum atomic E-state index is 0.446. The molecular weight excluding hydrogens is 190 g/mol. The molecule has 0 fully saturated rings. The maximum atomic E-state index is 5.04. The van der Waals surface area contributed by atoms with E-state index in [-0.39, 0.29) is 0 Å². The molecule has 0 aromatic carbocycles. The third-order valence-corrected chi connectivity index (χ3v) is 2.30. The van der Waals surface area contributed by atoms with Crippen LogP contribution in [0.5, 0.6) is 5.88 Å². The monoisotopic (exact) mass is 209 g/mol. The van der Waals surface area contributed by atoms with Crippen molar-refractivity contribution in [3.63, 3.8) is 0 Å². The Morgan fingerprint density at radius 3 is 2.87 bits per heavy atom. The number of nitrogens with one attached hydrogen (secondary N) is 1. The van der Waals surface area contributed by atoms with Gasteiger partial charge in [-0.1, -0.05) is 20.3 Å². The van der Waals surface area contributed by atoms with Crippen molar-refractivity contribution in [2.45, 2.75) is 39.2 Å². The van der Waals surface area contributed by atoms with Gasteiger partial charge in [0.15, 0.2) is 0 Å². The normalized spacial score (nSPS) is 12.2. The van der Waals surface area contributed by atoms with Gasteiger partial charge in [0.25, 0.3) is 0 Å². The van der Waals surface area contributed by atoms with Gasteiger partial charge in [-0.05, 0) is 12.8 Å². The van der Waals surface area contributed by atoms with E-state index >= 15 is 0 Å². The van der Waals surface area contributed by atoms with Crippen molar-refractivity contribution < 1.29 is 4.74 Å². The maximum Gasteiger partial charge on any atom is 0.226 e. The van der Waals surface area contributed by atoms with E-state index in [4.69, 9.17) is 4.74 Å². The Bertz CT molecular complexity index is 291. The van der Waals surface area contributed by atoms with Crippen LogP contribution in [-0.4, -0.2) is 23.1 Å². The van der Waals surface area contributed by atoms with Gasteiger partial charge in [0.05, 0.1) is 7.11 Å². The zero-order valence-corrected chi connectivity index (χ0v) is 9.66. The highest BCUT2D eigenvalue weighted by molar-refractivity contribution is 5.28. The molecule has 4 heteroatoms. The lowest BCUT2D eigenvalue weighted by molar-refractivity contribution is 0.397. The van der Waals surface area contributed by atoms with Crippen LogP contribution in [0.3, 0.4) is 0 Å². The zero-order valence-electron chi connectivity index (χ0n) is 9.66. The molecule has 1 aromatic heterocycles. The van der Waals surface area contributed by atoms with Gasteiger partial charge < -0.3 is 10.1 Å². The van der Waals surface area contributed by atoms with Crippen LogP contribution in [0, 0.1) is 0 Å². The summed E-state index contributed by atoms with van der Waals surface area (Å²) in [7, 11) is 1.61. The van der Waals surface area contributed by atoms with Crippen LogP contribution in [0.2, 0.25) is 0 Å². The van der Waals surface area contributed by atoms with Gasteiger partial charge >= 0.3 is 0 Å². The van der Waals surface area contributed by atoms with E-state index < -0.39 is 0 Å². The Balaban J connectivity index is 2.61. The number of ether oxygens (including phenoxy) is 1. The predicted octanol–water partition coefficient (Wildman–Crippen LogP) is 2.48. The molecule has 0 amide bonds. The number of aromatic nitrogens is 2. The summed E-state index contributed by atoms with van der Waals surface area (Å²) in [5.74, 6) is 1.24. The van der Waals surface area contributed by atoms with Crippen molar-refractivity contribution >= 4 is 5.95 Å². The molecule has 0 spiro atoms. The molecule has 0 aliphatic heterocycles. The van der Waals surface area contributed by atoms with E-state index in [2.05, 4.69) is 29.1 Å². The van der Waals surface area contributed by atoms with Gasteiger partial charge in [0.1, 0.15) is 0 Å². The van der Waals surface area contributed by atoms with Crippen LogP contribution in [0.15, 0.2) is 12.3 Å². The maximum absolute atomic E-state index is 5.04. The molecule has 0 radical (unpaired) electrons. The third kappa shape index (κ3) is 3.73. The summed E-state index contributed by atoms with van der Waals surface area (Å²) in [6, 6.07) is 2.19. The first-order valence-electron chi connectivity index (χ1n) is 5.43. The Kier molecular flexibility index (Phi) is 4.87. The highest BCUT2D eigenvalue weighted by Gasteiger charge is 2.06. The number of hydrogen-bond acceptors (Lipinski definition) is 4. The van der Waals surface area contributed by atoms with E-state index in [1.807, 2.05) is 0 Å². The van der Waals surface area contributed by atoms with E-state index in [1.54, 1.807) is 19.4 Å². The highest BCUT2D eigenvalue weighted by Crippen LogP contribution is 2.11. The molecule has 1 heterocycles. The van der Waals surface area contributed by atoms with Crippen molar-refractivity contribution in [3.05, 3.63) is 12.3 Å². The minimum absolute atomic E-state index is 0.446. The van der Waals surface area contributed by atoms with Crippen molar-refractivity contribution in [1.29, 1.82) is 0 Å². The van der Waals surface area contributed by atoms with E-state index in [9.17, 15) is 0 Å². The first kappa shape index (κ1) is 11.8. The molecule has 1 atom stereocenters. The van der Waals surface area contributed by atoms with Crippen molar-refractivity contribution in [1.82, 2.24) is 9.97 Å². The number of rotatable bonds is 6. The lowest BCUT2D eigenvalue weighted by atomic mass is 10.1. The molecule has 15 heavy (non-hydrogen) atoms. The molecule has 1 N–H and O–H groups in total. The lowest BCUT2D eigenvalue weighted by Gasteiger charge is -2.15. The van der Waals surface area contributed by atoms with Crippen LogP contribution in [0.1, 0.15) is 33.1 Å². The van der Waals surface area contributed by atoms with Crippen molar-refractivity contribution in [2.75, 3.05) is 12.4 Å². The molecule has 0 aliphatic rings. The highest BCUT2D eigenvalue weighted by atomic mass is 16.5. The van der Waals surface area contributed by atoms with Gasteiger partial charge in [-0.2, -0.15) is 4.98 Å². The average Bonchev–Trinajstić information content (AvgIpc) is 2.29. The Hall–Kier alpha value is -1.32. The summed E-state index contributed by atoms with van der Waals surface area (Å²) in [5, 5.41) is 3.30.